The Balaban J connectivity index is 2.76. The Morgan fingerprint density at radius 2 is 2.27 bits per heavy atom. The molecule has 0 bridgehead atoms. The van der Waals surface area contributed by atoms with Crippen LogP contribution >= 0.6 is 0 Å². The fourth-order valence-corrected chi connectivity index (χ4v) is 1.33. The Bertz CT molecular complexity index is 344. The summed E-state index contributed by atoms with van der Waals surface area (Å²) in [6.07, 6.45) is 2.03. The van der Waals surface area contributed by atoms with Crippen LogP contribution in [0.2, 0.25) is 0 Å². The van der Waals surface area contributed by atoms with Crippen LogP contribution in [0.4, 0.5) is 0 Å². The van der Waals surface area contributed by atoms with E-state index in [1.54, 1.807) is 25.0 Å². The van der Waals surface area contributed by atoms with Gasteiger partial charge in [0.1, 0.15) is 5.69 Å². The van der Waals surface area contributed by atoms with Crippen LogP contribution in [0.3, 0.4) is 0 Å². The second kappa shape index (κ2) is 4.93. The van der Waals surface area contributed by atoms with Crippen LogP contribution < -0.4 is 4.74 Å². The van der Waals surface area contributed by atoms with Gasteiger partial charge in [0.05, 0.1) is 13.3 Å². The third-order valence-corrected chi connectivity index (χ3v) is 2.18. The third-order valence-electron chi connectivity index (χ3n) is 2.18. The summed E-state index contributed by atoms with van der Waals surface area (Å²) in [6.45, 7) is 0.729. The lowest BCUT2D eigenvalue weighted by Gasteiger charge is -2.09. The highest BCUT2D eigenvalue weighted by Gasteiger charge is 2.17. The molecular formula is C10H17N3O2. The Hall–Kier alpha value is -1.36. The number of ketones is 1. The largest absolute Gasteiger partial charge is 0.493 e. The van der Waals surface area contributed by atoms with Crippen molar-refractivity contribution in [2.45, 2.75) is 6.42 Å². The number of rotatable bonds is 5. The van der Waals surface area contributed by atoms with Crippen LogP contribution in [0.15, 0.2) is 6.20 Å². The van der Waals surface area contributed by atoms with Gasteiger partial charge in [0.15, 0.2) is 11.5 Å². The lowest BCUT2D eigenvalue weighted by Crippen LogP contribution is -2.18. The molecule has 0 aliphatic heterocycles. The lowest BCUT2D eigenvalue weighted by molar-refractivity contribution is 0.0960. The fourth-order valence-electron chi connectivity index (χ4n) is 1.33. The zero-order valence-electron chi connectivity index (χ0n) is 9.65. The molecule has 0 fully saturated rings. The van der Waals surface area contributed by atoms with E-state index in [1.807, 2.05) is 19.0 Å². The van der Waals surface area contributed by atoms with E-state index in [9.17, 15) is 4.79 Å². The number of hydrogen-bond donors (Lipinski definition) is 0. The quantitative estimate of drug-likeness (QED) is 0.668. The van der Waals surface area contributed by atoms with Crippen molar-refractivity contribution in [3.63, 3.8) is 0 Å². The van der Waals surface area contributed by atoms with Gasteiger partial charge in [-0.25, -0.2) is 0 Å². The maximum Gasteiger partial charge on any atom is 0.185 e. The Morgan fingerprint density at radius 1 is 1.60 bits per heavy atom. The van der Waals surface area contributed by atoms with Gasteiger partial charge in [-0.3, -0.25) is 9.48 Å². The Morgan fingerprint density at radius 3 is 2.80 bits per heavy atom. The molecule has 0 saturated heterocycles. The van der Waals surface area contributed by atoms with Gasteiger partial charge in [0.2, 0.25) is 0 Å². The number of aryl methyl sites for hydroxylation is 1. The predicted molar refractivity (Wildman–Crippen MR) is 57.3 cm³/mol. The fraction of sp³-hybridized carbons (Fsp3) is 0.600. The minimum atomic E-state index is 0.0561. The molecule has 0 spiro atoms. The number of hydrogen-bond acceptors (Lipinski definition) is 4. The highest BCUT2D eigenvalue weighted by atomic mass is 16.5. The van der Waals surface area contributed by atoms with Crippen LogP contribution in [0.1, 0.15) is 16.9 Å². The minimum Gasteiger partial charge on any atom is -0.493 e. The normalized spacial score (nSPS) is 10.7. The average molecular weight is 211 g/mol. The molecule has 0 N–H and O–H groups in total. The van der Waals surface area contributed by atoms with Gasteiger partial charge >= 0.3 is 0 Å². The van der Waals surface area contributed by atoms with Crippen molar-refractivity contribution in [3.05, 3.63) is 11.9 Å². The summed E-state index contributed by atoms with van der Waals surface area (Å²) in [5, 5.41) is 3.99. The van der Waals surface area contributed by atoms with Gasteiger partial charge in [-0.2, -0.15) is 5.10 Å². The summed E-state index contributed by atoms with van der Waals surface area (Å²) in [6, 6.07) is 0. The Labute approximate surface area is 89.6 Å². The molecule has 0 atom stereocenters. The number of Topliss-reactive ketones (excluding diaryl/α,β-unsaturated/α-hetero) is 1. The van der Waals surface area contributed by atoms with Crippen LogP contribution in [0.5, 0.6) is 5.75 Å². The molecule has 0 aliphatic carbocycles. The molecule has 0 amide bonds. The van der Waals surface area contributed by atoms with Crippen molar-refractivity contribution >= 4 is 5.78 Å². The summed E-state index contributed by atoms with van der Waals surface area (Å²) >= 11 is 0. The topological polar surface area (TPSA) is 47.4 Å². The zero-order valence-corrected chi connectivity index (χ0v) is 9.65. The molecule has 1 rings (SSSR count). The van der Waals surface area contributed by atoms with Gasteiger partial charge in [-0.1, -0.05) is 0 Å². The smallest absolute Gasteiger partial charge is 0.185 e. The first-order chi connectivity index (χ1) is 7.06. The van der Waals surface area contributed by atoms with Gasteiger partial charge in [0, 0.05) is 20.0 Å². The van der Waals surface area contributed by atoms with Crippen molar-refractivity contribution < 1.29 is 9.53 Å². The van der Waals surface area contributed by atoms with Crippen LogP contribution in [0, 0.1) is 0 Å². The van der Waals surface area contributed by atoms with E-state index >= 15 is 0 Å². The summed E-state index contributed by atoms with van der Waals surface area (Å²) < 4.78 is 6.63. The number of aromatic nitrogens is 2. The van der Waals surface area contributed by atoms with Crippen molar-refractivity contribution in [2.24, 2.45) is 7.05 Å². The number of methoxy groups -OCH3 is 1. The molecule has 84 valence electrons. The van der Waals surface area contributed by atoms with E-state index in [0.29, 0.717) is 17.9 Å². The molecule has 0 radical (unpaired) electrons. The van der Waals surface area contributed by atoms with Gasteiger partial charge in [-0.15, -0.1) is 0 Å². The summed E-state index contributed by atoms with van der Waals surface area (Å²) in [7, 11) is 7.16. The summed E-state index contributed by atoms with van der Waals surface area (Å²) in [4.78, 5) is 13.8. The molecule has 5 nitrogen and oxygen atoms in total. The molecule has 0 aliphatic rings. The monoisotopic (exact) mass is 211 g/mol. The van der Waals surface area contributed by atoms with Crippen LogP contribution in [0.25, 0.3) is 0 Å². The predicted octanol–water partition coefficient (Wildman–Crippen LogP) is 0.563. The molecule has 1 heterocycles. The van der Waals surface area contributed by atoms with E-state index in [4.69, 9.17) is 4.74 Å². The van der Waals surface area contributed by atoms with Crippen molar-refractivity contribution in [3.8, 4) is 5.75 Å². The molecular weight excluding hydrogens is 194 g/mol. The highest BCUT2D eigenvalue weighted by molar-refractivity contribution is 5.97. The average Bonchev–Trinajstić information content (AvgIpc) is 2.56. The molecule has 5 heteroatoms. The number of carbonyl (C=O) groups is 1. The maximum atomic E-state index is 11.8. The van der Waals surface area contributed by atoms with E-state index in [2.05, 4.69) is 5.10 Å². The zero-order chi connectivity index (χ0) is 11.4. The standard InChI is InChI=1S/C10H17N3O2/c1-12(2)6-5-8(14)10-9(15-4)7-11-13(10)3/h7H,5-6H2,1-4H3. The van der Waals surface area contributed by atoms with Crippen molar-refractivity contribution in [2.75, 3.05) is 27.7 Å². The van der Waals surface area contributed by atoms with Gasteiger partial charge in [-0.05, 0) is 14.1 Å². The van der Waals surface area contributed by atoms with E-state index in [1.165, 1.54) is 0 Å². The minimum absolute atomic E-state index is 0.0561. The molecule has 15 heavy (non-hydrogen) atoms. The second-order valence-corrected chi connectivity index (χ2v) is 3.66. The second-order valence-electron chi connectivity index (χ2n) is 3.66. The number of carbonyl (C=O) groups excluding carboxylic acids is 1. The van der Waals surface area contributed by atoms with Crippen LogP contribution in [-0.4, -0.2) is 48.2 Å². The SMILES string of the molecule is COc1cnn(C)c1C(=O)CCN(C)C. The number of ether oxygens (including phenoxy) is 1. The first kappa shape index (κ1) is 11.7. The Kier molecular flexibility index (Phi) is 3.85. The molecule has 0 unspecified atom stereocenters. The number of nitrogens with zero attached hydrogens (tertiary/aromatic N) is 3. The first-order valence-corrected chi connectivity index (χ1v) is 4.80. The lowest BCUT2D eigenvalue weighted by atomic mass is 10.2. The van der Waals surface area contributed by atoms with E-state index < -0.39 is 0 Å². The summed E-state index contributed by atoms with van der Waals surface area (Å²) in [5.74, 6) is 0.599. The summed E-state index contributed by atoms with van der Waals surface area (Å²) in [5.41, 5.74) is 0.541. The molecule has 1 aromatic rings. The molecule has 0 saturated carbocycles. The third kappa shape index (κ3) is 2.79. The van der Waals surface area contributed by atoms with Crippen molar-refractivity contribution in [1.29, 1.82) is 0 Å². The maximum absolute atomic E-state index is 11.8. The van der Waals surface area contributed by atoms with Crippen LogP contribution in [-0.2, 0) is 7.05 Å². The van der Waals surface area contributed by atoms with E-state index in [0.717, 1.165) is 6.54 Å². The highest BCUT2D eigenvalue weighted by Crippen LogP contribution is 2.18. The molecule has 1 aromatic heterocycles. The van der Waals surface area contributed by atoms with Crippen molar-refractivity contribution in [1.82, 2.24) is 14.7 Å². The van der Waals surface area contributed by atoms with E-state index in [-0.39, 0.29) is 5.78 Å². The first-order valence-electron chi connectivity index (χ1n) is 4.80. The van der Waals surface area contributed by atoms with Gasteiger partial charge in [0.25, 0.3) is 0 Å². The van der Waals surface area contributed by atoms with Gasteiger partial charge < -0.3 is 9.64 Å². The molecule has 0 aromatic carbocycles.